The van der Waals surface area contributed by atoms with Crippen molar-refractivity contribution in [1.29, 1.82) is 0 Å². The van der Waals surface area contributed by atoms with Crippen LogP contribution >= 0.6 is 7.26 Å². The minimum absolute atomic E-state index is 0.0370. The van der Waals surface area contributed by atoms with Gasteiger partial charge in [-0.2, -0.15) is 0 Å². The highest BCUT2D eigenvalue weighted by molar-refractivity contribution is 7.88. The van der Waals surface area contributed by atoms with E-state index < -0.39 is 265 Å². The minimum Gasteiger partial charge on any atom is -0.374 e. The van der Waals surface area contributed by atoms with Crippen molar-refractivity contribution < 1.29 is 110 Å². The lowest BCUT2D eigenvalue weighted by atomic mass is 9.95. The van der Waals surface area contributed by atoms with Gasteiger partial charge in [0.1, 0.15) is 11.0 Å². The fourth-order valence-electron chi connectivity index (χ4n) is 16.8. The third kappa shape index (κ3) is 11.7. The summed E-state index contributed by atoms with van der Waals surface area (Å²) in [6.45, 7) is 0. The molecule has 3 aliphatic carbocycles. The van der Waals surface area contributed by atoms with Crippen molar-refractivity contribution in [3.63, 3.8) is 0 Å². The lowest BCUT2D eigenvalue weighted by molar-refractivity contribution is 0.375. The van der Waals surface area contributed by atoms with E-state index in [1.165, 1.54) is 12.1 Å². The van der Waals surface area contributed by atoms with Crippen LogP contribution in [0.15, 0.2) is 111 Å². The average molecular weight is 1580 g/mol. The SMILES string of the molecule is Fc1c(F)c(F)c(/C2=C3\C=CC(=N3)/C(c3c(F)c(F)c(F)c(F)c3F)=c3\cc/c([nH]3)=C(/[P+](C3CCCCC3)(C3CCCCC3)C3CCCCC3)C3=N/C(=C(/c4c(F)c(F)c(F)c(F)c4F)C4C=C/C(=C(\c5c(F)c(F)c(F)c(F)c5F)c5ccc([nH]5)/C(c5c(F)c(F)c(F)c(F)c5F)=C5/C=CC2=N5)N4)C=C3)c(F)c1F. The first-order chi connectivity index (χ1) is 52.5. The van der Waals surface area contributed by atoms with Gasteiger partial charge in [-0.1, -0.05) is 25.3 Å². The molecule has 7 heterocycles. The van der Waals surface area contributed by atoms with Gasteiger partial charge in [0, 0.05) is 50.3 Å². The van der Waals surface area contributed by atoms with Crippen LogP contribution in [0.1, 0.15) is 136 Å². The molecule has 0 amide bonds. The van der Waals surface area contributed by atoms with Crippen molar-refractivity contribution in [2.75, 3.05) is 0 Å². The van der Waals surface area contributed by atoms with E-state index in [1.54, 1.807) is 0 Å². The molecule has 0 saturated heterocycles. The van der Waals surface area contributed by atoms with Gasteiger partial charge in [-0.25, -0.2) is 125 Å². The Labute approximate surface area is 605 Å². The number of fused-ring (bicyclic) bond motifs is 9. The predicted octanol–water partition coefficient (Wildman–Crippen LogP) is 20.8. The smallest absolute Gasteiger partial charge is 0.200 e. The van der Waals surface area contributed by atoms with Crippen molar-refractivity contribution in [3.05, 3.63) is 291 Å². The van der Waals surface area contributed by atoms with Gasteiger partial charge in [-0.3, -0.25) is 0 Å². The number of aromatic amines is 2. The lowest BCUT2D eigenvalue weighted by Crippen LogP contribution is -2.39. The summed E-state index contributed by atoms with van der Waals surface area (Å²) in [6.07, 6.45) is 16.0. The zero-order valence-corrected chi connectivity index (χ0v) is 57.0. The molecule has 5 aliphatic heterocycles. The molecule has 2 aromatic heterocycles. The van der Waals surface area contributed by atoms with Crippen molar-refractivity contribution >= 4 is 57.6 Å². The second kappa shape index (κ2) is 28.6. The van der Waals surface area contributed by atoms with Crippen LogP contribution in [0, 0.1) is 145 Å². The highest BCUT2D eigenvalue weighted by atomic mass is 31.2. The number of benzene rings is 5. The molecule has 32 heteroatoms. The molecule has 15 rings (SSSR count). The molecule has 6 nitrogen and oxygen atoms in total. The van der Waals surface area contributed by atoms with Crippen LogP contribution in [0.2, 0.25) is 0 Å². The highest BCUT2D eigenvalue weighted by Gasteiger charge is 2.62. The maximum atomic E-state index is 17.1. The van der Waals surface area contributed by atoms with Crippen molar-refractivity contribution in [3.8, 4) is 0 Å². The zero-order chi connectivity index (χ0) is 78.3. The van der Waals surface area contributed by atoms with Crippen molar-refractivity contribution in [2.45, 2.75) is 119 Å². The van der Waals surface area contributed by atoms with Gasteiger partial charge in [0.15, 0.2) is 116 Å². The summed E-state index contributed by atoms with van der Waals surface area (Å²) in [5.41, 5.74) is -24.9. The Morgan fingerprint density at radius 3 is 1.00 bits per heavy atom. The number of H-pyrrole nitrogens is 2. The normalized spacial score (nSPS) is 22.4. The molecular formula is C78H49F25N6P+. The molecule has 3 N–H and O–H groups in total. The largest absolute Gasteiger partial charge is 0.374 e. The Balaban J connectivity index is 1.15. The van der Waals surface area contributed by atoms with Crippen LogP contribution in [0.4, 0.5) is 110 Å². The molecule has 570 valence electrons. The van der Waals surface area contributed by atoms with E-state index in [1.807, 2.05) is 0 Å². The van der Waals surface area contributed by atoms with Crippen molar-refractivity contribution in [1.82, 2.24) is 15.3 Å². The van der Waals surface area contributed by atoms with Gasteiger partial charge >= 0.3 is 0 Å². The minimum atomic E-state index is -3.18. The molecule has 0 radical (unpaired) electrons. The number of rotatable bonds is 9. The first kappa shape index (κ1) is 75.2. The molecule has 5 aromatic carbocycles. The number of hydrogen-bond acceptors (Lipinski definition) is 4. The van der Waals surface area contributed by atoms with E-state index in [0.29, 0.717) is 119 Å². The standard InChI is InChI=1S/C78H49F25N6P/c79-53-48(54(80)64(90)73(99)63(53)89)43-31-16-18-33(104-31)44(49-55(81)65(91)74(100)66(92)56(49)82)35-20-22-37(106-35)46(51-59(85)69(95)76(102)70(96)60(51)86)39-24-26-41(108-39)78(110(28-10-4-1-5-11-28,29-12-6-2-7-13-29)30-14-8-3-9-15-30)42-27-25-40(109-42)47(52-61(87)71(97)77(103)72(98)62(52)88)38-23-21-36(107-38)45(34-19-17-32(43)105-34)50-57(83)67(93)75(101)68(94)58(50)84/h16-30,37,104,106,109H,1-15H2/q+1/b43-32+,44-35+,45-36+,46-39+,47-40-,78-42-. The van der Waals surface area contributed by atoms with E-state index in [0.717, 1.165) is 43.6 Å². The fraction of sp³-hybridized carbons (Fsp3) is 0.244. The average Bonchev–Trinajstić information content (AvgIpc) is 1.43. The second-order valence-electron chi connectivity index (χ2n) is 27.3. The third-order valence-corrected chi connectivity index (χ3v) is 27.9. The van der Waals surface area contributed by atoms with Gasteiger partial charge in [-0.05, 0) is 144 Å². The summed E-state index contributed by atoms with van der Waals surface area (Å²) in [6, 6.07) is 1.41. The summed E-state index contributed by atoms with van der Waals surface area (Å²) in [7, 11) is -3.18. The molecule has 1 atom stereocenters. The molecular weight excluding hydrogens is 1530 g/mol. The molecule has 7 aromatic rings. The van der Waals surface area contributed by atoms with Gasteiger partial charge < -0.3 is 15.3 Å². The van der Waals surface area contributed by atoms with Crippen LogP contribution in [-0.2, 0) is 0 Å². The molecule has 3 saturated carbocycles. The van der Waals surface area contributed by atoms with Crippen LogP contribution in [-0.4, -0.2) is 50.1 Å². The van der Waals surface area contributed by atoms with Gasteiger partial charge in [0.25, 0.3) is 0 Å². The number of nitrogens with one attached hydrogen (secondary N) is 3. The number of allylic oxidation sites excluding steroid dienone is 8. The van der Waals surface area contributed by atoms with Gasteiger partial charge in [0.05, 0.1) is 92.0 Å². The van der Waals surface area contributed by atoms with Crippen LogP contribution in [0.5, 0.6) is 0 Å². The Morgan fingerprint density at radius 2 is 0.582 bits per heavy atom. The summed E-state index contributed by atoms with van der Waals surface area (Å²) in [5.74, 6) is -66.7. The summed E-state index contributed by atoms with van der Waals surface area (Å²) in [5, 5.41) is 2.23. The number of aliphatic imine (C=N–C) groups is 3. The second-order valence-corrected chi connectivity index (χ2v) is 31.6. The van der Waals surface area contributed by atoms with Crippen molar-refractivity contribution in [2.24, 2.45) is 15.0 Å². The molecule has 12 bridgehead atoms. The number of hydrogen-bond donors (Lipinski definition) is 3. The lowest BCUT2D eigenvalue weighted by Gasteiger charge is -2.49. The molecule has 110 heavy (non-hydrogen) atoms. The predicted molar refractivity (Wildman–Crippen MR) is 357 cm³/mol. The quantitative estimate of drug-likeness (QED) is 0.0572. The number of aromatic nitrogens is 2. The maximum Gasteiger partial charge on any atom is 0.200 e. The summed E-state index contributed by atoms with van der Waals surface area (Å²) in [4.78, 5) is 18.9. The first-order valence-electron chi connectivity index (χ1n) is 34.3. The fourth-order valence-corrected chi connectivity index (χ4v) is 24.4. The molecule has 1 unspecified atom stereocenters. The summed E-state index contributed by atoms with van der Waals surface area (Å²) < 4.78 is 404. The van der Waals surface area contributed by atoms with Gasteiger partial charge in [-0.15, -0.1) is 0 Å². The first-order valence-corrected chi connectivity index (χ1v) is 36.3. The Kier molecular flexibility index (Phi) is 19.6. The molecule has 8 aliphatic rings. The van der Waals surface area contributed by atoms with Crippen LogP contribution < -0.4 is 16.0 Å². The monoisotopic (exact) mass is 1580 g/mol. The van der Waals surface area contributed by atoms with E-state index in [-0.39, 0.29) is 28.0 Å². The Hall–Kier alpha value is -10.2. The number of halogens is 25. The maximum absolute atomic E-state index is 17.1. The van der Waals surface area contributed by atoms with Crippen LogP contribution in [0.3, 0.4) is 0 Å². The molecule has 0 spiro atoms. The van der Waals surface area contributed by atoms with Crippen LogP contribution in [0.25, 0.3) is 33.2 Å². The third-order valence-electron chi connectivity index (χ3n) is 21.5. The Morgan fingerprint density at radius 1 is 0.273 bits per heavy atom. The topological polar surface area (TPSA) is 80.7 Å². The Bertz CT molecular complexity index is 5540. The van der Waals surface area contributed by atoms with Gasteiger partial charge in [0.2, 0.25) is 29.1 Å². The zero-order valence-electron chi connectivity index (χ0n) is 56.1. The summed E-state index contributed by atoms with van der Waals surface area (Å²) >= 11 is 0. The van der Waals surface area contributed by atoms with E-state index in [9.17, 15) is 0 Å². The van der Waals surface area contributed by atoms with E-state index in [2.05, 4.69) is 25.3 Å². The number of nitrogens with zero attached hydrogens (tertiary/aromatic N) is 3. The van der Waals surface area contributed by atoms with E-state index in [4.69, 9.17) is 4.99 Å². The highest BCUT2D eigenvalue weighted by Crippen LogP contribution is 2.82. The van der Waals surface area contributed by atoms with E-state index >= 15 is 110 Å². The molecule has 3 fully saturated rings.